The van der Waals surface area contributed by atoms with Crippen LogP contribution in [0, 0.1) is 11.8 Å². The second-order valence-electron chi connectivity index (χ2n) is 9.20. The molecule has 1 fully saturated rings. The third-order valence-electron chi connectivity index (χ3n) is 6.17. The Hall–Kier alpha value is -2.83. The van der Waals surface area contributed by atoms with Crippen LogP contribution in [0.3, 0.4) is 0 Å². The van der Waals surface area contributed by atoms with E-state index in [-0.39, 0.29) is 24.5 Å². The molecule has 1 aromatic heterocycles. The maximum Gasteiger partial charge on any atom is 0.343 e. The second-order valence-corrected chi connectivity index (χ2v) is 9.20. The number of anilines is 2. The van der Waals surface area contributed by atoms with E-state index < -0.39 is 5.97 Å². The maximum atomic E-state index is 13.6. The summed E-state index contributed by atoms with van der Waals surface area (Å²) in [6.45, 7) is 8.20. The van der Waals surface area contributed by atoms with Gasteiger partial charge in [0, 0.05) is 37.9 Å². The first kappa shape index (κ1) is 23.8. The minimum Gasteiger partial charge on any atom is -0.462 e. The highest BCUT2D eigenvalue weighted by Gasteiger charge is 2.34. The number of carbonyl (C=O) groups is 2. The maximum absolute atomic E-state index is 13.6. The standard InChI is InChI=1S/C25H36N4O3/c1-7-32-25(31)22-16-28(21-14-12-20(13-15-21)27(5)6)26-23(22)29(17(2)3)24(30)19-10-8-18(4)9-11-19/h12-19H,7-11H2,1-6H3/t18-,19-. The quantitative estimate of drug-likeness (QED) is 0.585. The van der Waals surface area contributed by atoms with Gasteiger partial charge in [-0.05, 0) is 76.6 Å². The van der Waals surface area contributed by atoms with Crippen LogP contribution in [-0.2, 0) is 9.53 Å². The van der Waals surface area contributed by atoms with Gasteiger partial charge in [-0.3, -0.25) is 9.69 Å². The number of benzene rings is 1. The van der Waals surface area contributed by atoms with E-state index in [0.29, 0.717) is 17.3 Å². The molecular formula is C25H36N4O3. The first-order chi connectivity index (χ1) is 15.2. The summed E-state index contributed by atoms with van der Waals surface area (Å²) >= 11 is 0. The van der Waals surface area contributed by atoms with Gasteiger partial charge in [0.2, 0.25) is 5.91 Å². The Morgan fingerprint density at radius 2 is 1.75 bits per heavy atom. The molecule has 1 aromatic carbocycles. The number of amides is 1. The number of hydrogen-bond acceptors (Lipinski definition) is 5. The molecule has 0 atom stereocenters. The molecule has 0 bridgehead atoms. The zero-order valence-corrected chi connectivity index (χ0v) is 20.2. The van der Waals surface area contributed by atoms with Crippen LogP contribution in [0.2, 0.25) is 0 Å². The Labute approximate surface area is 191 Å². The molecule has 1 aliphatic carbocycles. The Bertz CT molecular complexity index is 925. The van der Waals surface area contributed by atoms with Gasteiger partial charge in [0.05, 0.1) is 12.3 Å². The van der Waals surface area contributed by atoms with E-state index in [1.807, 2.05) is 57.1 Å². The van der Waals surface area contributed by atoms with Crippen molar-refractivity contribution < 1.29 is 14.3 Å². The lowest BCUT2D eigenvalue weighted by Gasteiger charge is -2.32. The topological polar surface area (TPSA) is 67.7 Å². The normalized spacial score (nSPS) is 18.5. The van der Waals surface area contributed by atoms with Crippen molar-refractivity contribution in [3.63, 3.8) is 0 Å². The number of esters is 1. The van der Waals surface area contributed by atoms with Gasteiger partial charge in [0.15, 0.2) is 5.82 Å². The fourth-order valence-electron chi connectivity index (χ4n) is 4.24. The van der Waals surface area contributed by atoms with E-state index in [1.165, 1.54) is 0 Å². The summed E-state index contributed by atoms with van der Waals surface area (Å²) in [6.07, 6.45) is 5.54. The van der Waals surface area contributed by atoms with E-state index in [0.717, 1.165) is 37.1 Å². The zero-order valence-electron chi connectivity index (χ0n) is 20.2. The number of nitrogens with zero attached hydrogens (tertiary/aromatic N) is 4. The predicted molar refractivity (Wildman–Crippen MR) is 128 cm³/mol. The average Bonchev–Trinajstić information content (AvgIpc) is 3.19. The number of hydrogen-bond donors (Lipinski definition) is 0. The molecule has 7 heteroatoms. The molecule has 1 saturated carbocycles. The van der Waals surface area contributed by atoms with Gasteiger partial charge in [-0.2, -0.15) is 0 Å². The summed E-state index contributed by atoms with van der Waals surface area (Å²) in [5.41, 5.74) is 2.20. The lowest BCUT2D eigenvalue weighted by Crippen LogP contribution is -2.43. The molecule has 3 rings (SSSR count). The molecule has 0 aliphatic heterocycles. The van der Waals surface area contributed by atoms with E-state index >= 15 is 0 Å². The summed E-state index contributed by atoms with van der Waals surface area (Å²) < 4.78 is 6.96. The molecule has 174 valence electrons. The van der Waals surface area contributed by atoms with Crippen LogP contribution in [0.1, 0.15) is 63.7 Å². The van der Waals surface area contributed by atoms with E-state index in [9.17, 15) is 9.59 Å². The zero-order chi connectivity index (χ0) is 23.4. The van der Waals surface area contributed by atoms with Gasteiger partial charge in [-0.15, -0.1) is 5.10 Å². The van der Waals surface area contributed by atoms with Crippen molar-refractivity contribution in [1.82, 2.24) is 9.78 Å². The van der Waals surface area contributed by atoms with Crippen LogP contribution < -0.4 is 9.80 Å². The van der Waals surface area contributed by atoms with Crippen LogP contribution >= 0.6 is 0 Å². The molecule has 0 radical (unpaired) electrons. The summed E-state index contributed by atoms with van der Waals surface area (Å²) in [5, 5.41) is 4.72. The van der Waals surface area contributed by atoms with E-state index in [1.54, 1.807) is 22.7 Å². The molecule has 0 N–H and O–H groups in total. The Kier molecular flexibility index (Phi) is 7.59. The summed E-state index contributed by atoms with van der Waals surface area (Å²) in [6, 6.07) is 7.76. The van der Waals surface area contributed by atoms with Gasteiger partial charge in [0.1, 0.15) is 5.56 Å². The SMILES string of the molecule is CCOC(=O)c1cn(-c2ccc(N(C)C)cc2)nc1N(C(=O)[C@H]1CC[C@H](C)CC1)C(C)C. The number of rotatable bonds is 7. The van der Waals surface area contributed by atoms with Gasteiger partial charge < -0.3 is 9.64 Å². The van der Waals surface area contributed by atoms with Crippen molar-refractivity contribution in [2.45, 2.75) is 59.4 Å². The third kappa shape index (κ3) is 5.14. The highest BCUT2D eigenvalue weighted by Crippen LogP contribution is 2.33. The summed E-state index contributed by atoms with van der Waals surface area (Å²) in [5.74, 6) is 0.581. The minimum absolute atomic E-state index is 0.0341. The molecule has 0 spiro atoms. The molecule has 1 aliphatic rings. The Balaban J connectivity index is 2.01. The van der Waals surface area contributed by atoms with Crippen LogP contribution in [0.15, 0.2) is 30.5 Å². The van der Waals surface area contributed by atoms with Gasteiger partial charge in [-0.25, -0.2) is 9.48 Å². The summed E-state index contributed by atoms with van der Waals surface area (Å²) in [7, 11) is 3.97. The Morgan fingerprint density at radius 3 is 2.28 bits per heavy atom. The van der Waals surface area contributed by atoms with E-state index in [2.05, 4.69) is 6.92 Å². The van der Waals surface area contributed by atoms with Gasteiger partial charge in [-0.1, -0.05) is 6.92 Å². The number of aromatic nitrogens is 2. The second kappa shape index (κ2) is 10.2. The molecule has 7 nitrogen and oxygen atoms in total. The van der Waals surface area contributed by atoms with Crippen LogP contribution in [0.5, 0.6) is 0 Å². The molecule has 0 unspecified atom stereocenters. The fraction of sp³-hybridized carbons (Fsp3) is 0.560. The molecule has 1 amide bonds. The van der Waals surface area contributed by atoms with Crippen LogP contribution in [0.25, 0.3) is 5.69 Å². The number of carbonyl (C=O) groups excluding carboxylic acids is 2. The fourth-order valence-corrected chi connectivity index (χ4v) is 4.24. The summed E-state index contributed by atoms with van der Waals surface area (Å²) in [4.78, 5) is 30.1. The van der Waals surface area contributed by atoms with Crippen molar-refractivity contribution in [2.24, 2.45) is 11.8 Å². The molecule has 2 aromatic rings. The highest BCUT2D eigenvalue weighted by atomic mass is 16.5. The molecular weight excluding hydrogens is 404 g/mol. The average molecular weight is 441 g/mol. The minimum atomic E-state index is -0.464. The van der Waals surface area contributed by atoms with Crippen molar-refractivity contribution in [3.8, 4) is 5.69 Å². The highest BCUT2D eigenvalue weighted by molar-refractivity contribution is 6.02. The van der Waals surface area contributed by atoms with Crippen molar-refractivity contribution >= 4 is 23.4 Å². The van der Waals surface area contributed by atoms with E-state index in [4.69, 9.17) is 9.84 Å². The van der Waals surface area contributed by atoms with Gasteiger partial charge in [0.25, 0.3) is 0 Å². The molecule has 1 heterocycles. The molecule has 32 heavy (non-hydrogen) atoms. The van der Waals surface area contributed by atoms with Crippen molar-refractivity contribution in [2.75, 3.05) is 30.5 Å². The molecule has 0 saturated heterocycles. The van der Waals surface area contributed by atoms with Crippen molar-refractivity contribution in [3.05, 3.63) is 36.0 Å². The first-order valence-electron chi connectivity index (χ1n) is 11.6. The lowest BCUT2D eigenvalue weighted by molar-refractivity contribution is -0.123. The van der Waals surface area contributed by atoms with Gasteiger partial charge >= 0.3 is 5.97 Å². The largest absolute Gasteiger partial charge is 0.462 e. The first-order valence-corrected chi connectivity index (χ1v) is 11.6. The van der Waals surface area contributed by atoms with Crippen LogP contribution in [-0.4, -0.2) is 48.4 Å². The predicted octanol–water partition coefficient (Wildman–Crippen LogP) is 4.68. The smallest absolute Gasteiger partial charge is 0.343 e. The van der Waals surface area contributed by atoms with Crippen molar-refractivity contribution in [1.29, 1.82) is 0 Å². The third-order valence-corrected chi connectivity index (χ3v) is 6.17. The Morgan fingerprint density at radius 1 is 1.12 bits per heavy atom. The van der Waals surface area contributed by atoms with Crippen LogP contribution in [0.4, 0.5) is 11.5 Å². The monoisotopic (exact) mass is 440 g/mol. The lowest BCUT2D eigenvalue weighted by atomic mass is 9.82. The number of ether oxygens (including phenoxy) is 1.